The Morgan fingerprint density at radius 2 is 1.76 bits per heavy atom. The fraction of sp³-hybridized carbons (Fsp3) is 0.438. The molecule has 0 unspecified atom stereocenters. The van der Waals surface area contributed by atoms with E-state index in [9.17, 15) is 4.79 Å². The van der Waals surface area contributed by atoms with Gasteiger partial charge in [0.25, 0.3) is 0 Å². The molecule has 116 valence electrons. The van der Waals surface area contributed by atoms with Crippen LogP contribution in [-0.4, -0.2) is 23.6 Å². The van der Waals surface area contributed by atoms with Crippen LogP contribution in [0.4, 0.5) is 0 Å². The second-order valence-corrected chi connectivity index (χ2v) is 14.4. The van der Waals surface area contributed by atoms with Crippen LogP contribution in [-0.2, 0) is 9.53 Å². The van der Waals surface area contributed by atoms with Crippen molar-refractivity contribution >= 4 is 41.6 Å². The fourth-order valence-corrected chi connectivity index (χ4v) is 8.69. The quantitative estimate of drug-likeness (QED) is 0.435. The van der Waals surface area contributed by atoms with E-state index in [-0.39, 0.29) is 5.97 Å². The summed E-state index contributed by atoms with van der Waals surface area (Å²) in [6.45, 7) is 2.14. The second kappa shape index (κ2) is 7.69. The first-order valence-electron chi connectivity index (χ1n) is 7.24. The van der Waals surface area contributed by atoms with Crippen molar-refractivity contribution in [2.75, 3.05) is 6.61 Å². The first kappa shape index (κ1) is 16.9. The Morgan fingerprint density at radius 1 is 1.14 bits per heavy atom. The first-order valence-corrected chi connectivity index (χ1v) is 13.5. The molecule has 0 radical (unpaired) electrons. The molecule has 2 rings (SSSR count). The molecule has 0 heterocycles. The maximum atomic E-state index is 12.5. The molecule has 1 aliphatic rings. The zero-order valence-electron chi connectivity index (χ0n) is 12.1. The Kier molecular flexibility index (Phi) is 6.19. The summed E-state index contributed by atoms with van der Waals surface area (Å²) in [5.41, 5.74) is 1.11. The summed E-state index contributed by atoms with van der Waals surface area (Å²) in [5.74, 6) is -0.330. The van der Waals surface area contributed by atoms with Crippen molar-refractivity contribution in [3.63, 3.8) is 0 Å². The molecule has 5 heteroatoms. The van der Waals surface area contributed by atoms with Crippen molar-refractivity contribution in [3.05, 3.63) is 40.4 Å². The van der Waals surface area contributed by atoms with Gasteiger partial charge in [-0.2, -0.15) is 0 Å². The van der Waals surface area contributed by atoms with Crippen LogP contribution in [0, 0.1) is 0 Å². The molecule has 1 saturated carbocycles. The van der Waals surface area contributed by atoms with Crippen LogP contribution in [0.2, 0.25) is 0 Å². The van der Waals surface area contributed by atoms with Crippen molar-refractivity contribution in [1.82, 2.24) is 0 Å². The average molecular weight is 394 g/mol. The van der Waals surface area contributed by atoms with Gasteiger partial charge in [-0.25, -0.2) is 0 Å². The second-order valence-electron chi connectivity index (χ2n) is 5.00. The average Bonchev–Trinajstić information content (AvgIpc) is 2.49. The molecule has 0 amide bonds. The molecule has 1 aliphatic carbocycles. The molecule has 0 aliphatic heterocycles. The number of halogens is 2. The van der Waals surface area contributed by atoms with Crippen LogP contribution in [0.3, 0.4) is 0 Å². The van der Waals surface area contributed by atoms with Gasteiger partial charge in [0, 0.05) is 0 Å². The molecule has 0 aromatic heterocycles. The standard InChI is InChI=1S/C16H20Cl2O2Se/c1-2-20-16(19)15(13-9-5-3-6-10-13)21(17,18)14-11-7-4-8-12-14/h4,7-8,11-12H,2-3,5-6,9-10H2,1H3. The van der Waals surface area contributed by atoms with Crippen LogP contribution in [0.25, 0.3) is 0 Å². The van der Waals surface area contributed by atoms with Crippen molar-refractivity contribution in [3.8, 4) is 0 Å². The third kappa shape index (κ3) is 4.04. The predicted molar refractivity (Wildman–Crippen MR) is 90.3 cm³/mol. The minimum absolute atomic E-state index is 0.330. The minimum atomic E-state index is -3.26. The number of carbonyl (C=O) groups excluding carboxylic acids is 1. The molecule has 21 heavy (non-hydrogen) atoms. The Balaban J connectivity index is 2.46. The summed E-state index contributed by atoms with van der Waals surface area (Å²) in [7, 11) is 13.5. The van der Waals surface area contributed by atoms with E-state index in [1.54, 1.807) is 6.92 Å². The van der Waals surface area contributed by atoms with Gasteiger partial charge in [0.2, 0.25) is 0 Å². The number of allylic oxidation sites excluding steroid dienone is 1. The van der Waals surface area contributed by atoms with E-state index in [0.717, 1.165) is 35.7 Å². The monoisotopic (exact) mass is 394 g/mol. The van der Waals surface area contributed by atoms with Crippen molar-refractivity contribution in [2.24, 2.45) is 0 Å². The number of hydrogen-bond donors (Lipinski definition) is 0. The molecule has 0 saturated heterocycles. The van der Waals surface area contributed by atoms with Gasteiger partial charge in [0.15, 0.2) is 0 Å². The third-order valence-electron chi connectivity index (χ3n) is 3.53. The summed E-state index contributed by atoms with van der Waals surface area (Å²) in [6, 6.07) is 9.54. The zero-order valence-corrected chi connectivity index (χ0v) is 15.3. The van der Waals surface area contributed by atoms with Crippen LogP contribution in [0.15, 0.2) is 40.4 Å². The topological polar surface area (TPSA) is 26.3 Å². The maximum absolute atomic E-state index is 12.5. The van der Waals surface area contributed by atoms with Gasteiger partial charge >= 0.3 is 137 Å². The summed E-state index contributed by atoms with van der Waals surface area (Å²) in [6.07, 6.45) is 5.19. The van der Waals surface area contributed by atoms with Gasteiger partial charge in [-0.3, -0.25) is 0 Å². The van der Waals surface area contributed by atoms with Crippen LogP contribution < -0.4 is 4.46 Å². The molecular weight excluding hydrogens is 374 g/mol. The number of rotatable bonds is 4. The molecule has 2 nitrogen and oxygen atoms in total. The van der Waals surface area contributed by atoms with Gasteiger partial charge in [-0.05, 0) is 0 Å². The molecule has 1 aromatic carbocycles. The van der Waals surface area contributed by atoms with E-state index in [1.807, 2.05) is 30.3 Å². The van der Waals surface area contributed by atoms with E-state index in [2.05, 4.69) is 0 Å². The number of carbonyl (C=O) groups is 1. The van der Waals surface area contributed by atoms with Gasteiger partial charge < -0.3 is 0 Å². The Morgan fingerprint density at radius 3 is 2.33 bits per heavy atom. The van der Waals surface area contributed by atoms with Gasteiger partial charge in [-0.15, -0.1) is 0 Å². The zero-order chi connectivity index (χ0) is 15.3. The number of ether oxygens (including phenoxy) is 1. The van der Waals surface area contributed by atoms with Gasteiger partial charge in [-0.1, -0.05) is 0 Å². The molecular formula is C16H20Cl2O2Se. The van der Waals surface area contributed by atoms with E-state index >= 15 is 0 Å². The van der Waals surface area contributed by atoms with E-state index in [4.69, 9.17) is 24.9 Å². The molecule has 0 bridgehead atoms. The third-order valence-corrected chi connectivity index (χ3v) is 10.8. The first-order chi connectivity index (χ1) is 10.1. The molecule has 0 atom stereocenters. The van der Waals surface area contributed by atoms with Crippen molar-refractivity contribution in [2.45, 2.75) is 39.0 Å². The summed E-state index contributed by atoms with van der Waals surface area (Å²) in [5, 5.41) is 0. The molecule has 0 spiro atoms. The fourth-order valence-electron chi connectivity index (χ4n) is 2.54. The Bertz CT molecular complexity index is 518. The normalized spacial score (nSPS) is 16.4. The summed E-state index contributed by atoms with van der Waals surface area (Å²) >= 11 is -3.26. The van der Waals surface area contributed by atoms with Gasteiger partial charge in [0.1, 0.15) is 0 Å². The van der Waals surface area contributed by atoms with Crippen molar-refractivity contribution < 1.29 is 9.53 Å². The van der Waals surface area contributed by atoms with E-state index in [1.165, 1.54) is 6.42 Å². The summed E-state index contributed by atoms with van der Waals surface area (Å²) < 4.78 is 6.67. The number of benzene rings is 1. The van der Waals surface area contributed by atoms with Gasteiger partial charge in [0.05, 0.1) is 0 Å². The van der Waals surface area contributed by atoms with Crippen LogP contribution in [0.5, 0.6) is 0 Å². The van der Waals surface area contributed by atoms with Crippen LogP contribution in [0.1, 0.15) is 39.0 Å². The van der Waals surface area contributed by atoms with Crippen molar-refractivity contribution in [1.29, 1.82) is 0 Å². The number of esters is 1. The van der Waals surface area contributed by atoms with E-state index < -0.39 is 11.0 Å². The SMILES string of the molecule is CCOC(=O)C(=C1CCCCC1)[Se](Cl)(Cl)c1ccccc1. The molecule has 1 aromatic rings. The Labute approximate surface area is 137 Å². The van der Waals surface area contributed by atoms with E-state index in [0.29, 0.717) is 11.1 Å². The van der Waals surface area contributed by atoms with Crippen LogP contribution >= 0.6 is 20.2 Å². The predicted octanol–water partition coefficient (Wildman–Crippen LogP) is 4.18. The number of hydrogen-bond acceptors (Lipinski definition) is 2. The molecule has 0 N–H and O–H groups in total. The summed E-state index contributed by atoms with van der Waals surface area (Å²) in [4.78, 5) is 12.5. The Hall–Kier alpha value is -0.471. The molecule has 1 fully saturated rings.